The third kappa shape index (κ3) is 1.93. The Kier molecular flexibility index (Phi) is 2.52. The van der Waals surface area contributed by atoms with Gasteiger partial charge in [0.05, 0.1) is 6.54 Å². The minimum Gasteiger partial charge on any atom is -0.343 e. The van der Waals surface area contributed by atoms with Crippen LogP contribution < -0.4 is 5.32 Å². The fraction of sp³-hybridized carbons (Fsp3) is 0.778. The van der Waals surface area contributed by atoms with Gasteiger partial charge >= 0.3 is 0 Å². The molecule has 78 valence electrons. The lowest BCUT2D eigenvalue weighted by molar-refractivity contribution is 0.0791. The van der Waals surface area contributed by atoms with Crippen molar-refractivity contribution in [3.05, 3.63) is 12.2 Å². The van der Waals surface area contributed by atoms with Gasteiger partial charge in [0.2, 0.25) is 6.39 Å². The van der Waals surface area contributed by atoms with Crippen molar-refractivity contribution < 1.29 is 4.52 Å². The summed E-state index contributed by atoms with van der Waals surface area (Å²) in [6.07, 6.45) is 1.38. The van der Waals surface area contributed by atoms with Crippen LogP contribution in [0.3, 0.4) is 0 Å². The first-order valence-corrected chi connectivity index (χ1v) is 4.89. The zero-order valence-corrected chi connectivity index (χ0v) is 8.66. The summed E-state index contributed by atoms with van der Waals surface area (Å²) >= 11 is 0. The average molecular weight is 196 g/mol. The van der Waals surface area contributed by atoms with Gasteiger partial charge in [-0.15, -0.1) is 0 Å². The second kappa shape index (κ2) is 3.67. The average Bonchev–Trinajstić information content (AvgIpc) is 2.61. The molecule has 14 heavy (non-hydrogen) atoms. The standard InChI is InChI=1S/C9H16N4O/c1-9(2)6-10-3-4-13(9)5-8-11-7-14-12-8/h7,10H,3-6H2,1-2H3. The number of aromatic nitrogens is 2. The lowest BCUT2D eigenvalue weighted by Gasteiger charge is -2.42. The molecule has 0 aliphatic carbocycles. The van der Waals surface area contributed by atoms with Gasteiger partial charge in [0.1, 0.15) is 0 Å². The summed E-state index contributed by atoms with van der Waals surface area (Å²) in [6, 6.07) is 0. The SMILES string of the molecule is CC1(C)CNCCN1Cc1ncon1. The first-order chi connectivity index (χ1) is 6.68. The molecule has 2 rings (SSSR count). The number of hydrogen-bond donors (Lipinski definition) is 1. The van der Waals surface area contributed by atoms with Crippen LogP contribution in [0.2, 0.25) is 0 Å². The van der Waals surface area contributed by atoms with Gasteiger partial charge in [-0.3, -0.25) is 4.90 Å². The summed E-state index contributed by atoms with van der Waals surface area (Å²) < 4.78 is 4.72. The Bertz CT molecular complexity index is 283. The molecule has 0 atom stereocenters. The Hall–Kier alpha value is -0.940. The summed E-state index contributed by atoms with van der Waals surface area (Å²) in [4.78, 5) is 6.41. The monoisotopic (exact) mass is 196 g/mol. The predicted molar refractivity (Wildman–Crippen MR) is 51.7 cm³/mol. The van der Waals surface area contributed by atoms with E-state index in [0.717, 1.165) is 32.0 Å². The fourth-order valence-electron chi connectivity index (χ4n) is 1.75. The summed E-state index contributed by atoms with van der Waals surface area (Å²) in [5.74, 6) is 0.764. The molecule has 0 radical (unpaired) electrons. The minimum atomic E-state index is 0.166. The van der Waals surface area contributed by atoms with Gasteiger partial charge in [-0.2, -0.15) is 4.98 Å². The van der Waals surface area contributed by atoms with Gasteiger partial charge in [0.25, 0.3) is 0 Å². The molecule has 0 spiro atoms. The highest BCUT2D eigenvalue weighted by Gasteiger charge is 2.30. The highest BCUT2D eigenvalue weighted by Crippen LogP contribution is 2.17. The van der Waals surface area contributed by atoms with Crippen LogP contribution >= 0.6 is 0 Å². The van der Waals surface area contributed by atoms with Crippen molar-refractivity contribution in [1.29, 1.82) is 0 Å². The van der Waals surface area contributed by atoms with Crippen molar-refractivity contribution in [2.75, 3.05) is 19.6 Å². The second-order valence-electron chi connectivity index (χ2n) is 4.26. The molecule has 5 nitrogen and oxygen atoms in total. The molecular formula is C9H16N4O. The van der Waals surface area contributed by atoms with E-state index in [4.69, 9.17) is 4.52 Å². The van der Waals surface area contributed by atoms with Crippen LogP contribution in [-0.4, -0.2) is 40.2 Å². The molecule has 1 aromatic heterocycles. The molecule has 1 saturated heterocycles. The van der Waals surface area contributed by atoms with Crippen LogP contribution in [0.25, 0.3) is 0 Å². The molecule has 1 aromatic rings. The Morgan fingerprint density at radius 2 is 2.50 bits per heavy atom. The largest absolute Gasteiger partial charge is 0.343 e. The Labute approximate surface area is 83.5 Å². The number of hydrogen-bond acceptors (Lipinski definition) is 5. The van der Waals surface area contributed by atoms with E-state index in [-0.39, 0.29) is 5.54 Å². The van der Waals surface area contributed by atoms with Crippen molar-refractivity contribution >= 4 is 0 Å². The molecule has 0 bridgehead atoms. The van der Waals surface area contributed by atoms with Crippen LogP contribution in [0.15, 0.2) is 10.9 Å². The first kappa shape index (κ1) is 9.61. The smallest absolute Gasteiger partial charge is 0.213 e. The maximum atomic E-state index is 4.72. The second-order valence-corrected chi connectivity index (χ2v) is 4.26. The molecule has 0 aromatic carbocycles. The van der Waals surface area contributed by atoms with Gasteiger partial charge in [-0.25, -0.2) is 0 Å². The van der Waals surface area contributed by atoms with E-state index in [1.165, 1.54) is 6.39 Å². The normalized spacial score (nSPS) is 22.4. The van der Waals surface area contributed by atoms with Crippen LogP contribution in [0.1, 0.15) is 19.7 Å². The molecule has 0 amide bonds. The lowest BCUT2D eigenvalue weighted by Crippen LogP contribution is -2.57. The summed E-state index contributed by atoms with van der Waals surface area (Å²) in [5, 5.41) is 7.21. The van der Waals surface area contributed by atoms with Crippen LogP contribution in [0.4, 0.5) is 0 Å². The predicted octanol–water partition coefficient (Wildman–Crippen LogP) is 0.253. The van der Waals surface area contributed by atoms with E-state index in [9.17, 15) is 0 Å². The van der Waals surface area contributed by atoms with Crippen molar-refractivity contribution in [3.8, 4) is 0 Å². The fourth-order valence-corrected chi connectivity index (χ4v) is 1.75. The maximum Gasteiger partial charge on any atom is 0.213 e. The number of rotatable bonds is 2. The third-order valence-corrected chi connectivity index (χ3v) is 2.71. The Morgan fingerprint density at radius 3 is 3.14 bits per heavy atom. The third-order valence-electron chi connectivity index (χ3n) is 2.71. The van der Waals surface area contributed by atoms with E-state index >= 15 is 0 Å². The molecule has 1 N–H and O–H groups in total. The van der Waals surface area contributed by atoms with E-state index in [2.05, 4.69) is 34.2 Å². The van der Waals surface area contributed by atoms with E-state index in [0.29, 0.717) is 0 Å². The van der Waals surface area contributed by atoms with Gasteiger partial charge in [-0.1, -0.05) is 5.16 Å². The molecule has 5 heteroatoms. The van der Waals surface area contributed by atoms with E-state index in [1.807, 2.05) is 0 Å². The highest BCUT2D eigenvalue weighted by atomic mass is 16.5. The molecule has 1 fully saturated rings. The Morgan fingerprint density at radius 1 is 1.64 bits per heavy atom. The lowest BCUT2D eigenvalue weighted by atomic mass is 10.0. The van der Waals surface area contributed by atoms with Gasteiger partial charge in [-0.05, 0) is 13.8 Å². The number of nitrogens with one attached hydrogen (secondary N) is 1. The van der Waals surface area contributed by atoms with Crippen LogP contribution in [0.5, 0.6) is 0 Å². The summed E-state index contributed by atoms with van der Waals surface area (Å²) in [7, 11) is 0. The van der Waals surface area contributed by atoms with Gasteiger partial charge in [0, 0.05) is 25.2 Å². The first-order valence-electron chi connectivity index (χ1n) is 4.89. The topological polar surface area (TPSA) is 54.2 Å². The van der Waals surface area contributed by atoms with Crippen molar-refractivity contribution in [1.82, 2.24) is 20.4 Å². The molecule has 1 aliphatic heterocycles. The molecule has 1 aliphatic rings. The van der Waals surface area contributed by atoms with E-state index < -0.39 is 0 Å². The molecule has 0 saturated carbocycles. The summed E-state index contributed by atoms with van der Waals surface area (Å²) in [5.41, 5.74) is 0.166. The quantitative estimate of drug-likeness (QED) is 0.735. The van der Waals surface area contributed by atoms with Crippen molar-refractivity contribution in [2.45, 2.75) is 25.9 Å². The molecule has 0 unspecified atom stereocenters. The zero-order chi connectivity index (χ0) is 10.0. The van der Waals surface area contributed by atoms with Crippen LogP contribution in [-0.2, 0) is 6.54 Å². The highest BCUT2D eigenvalue weighted by molar-refractivity contribution is 4.91. The van der Waals surface area contributed by atoms with Crippen molar-refractivity contribution in [3.63, 3.8) is 0 Å². The minimum absolute atomic E-state index is 0.166. The van der Waals surface area contributed by atoms with Gasteiger partial charge in [0.15, 0.2) is 5.82 Å². The van der Waals surface area contributed by atoms with Gasteiger partial charge < -0.3 is 9.84 Å². The van der Waals surface area contributed by atoms with Crippen molar-refractivity contribution in [2.24, 2.45) is 0 Å². The maximum absolute atomic E-state index is 4.72. The number of nitrogens with zero attached hydrogens (tertiary/aromatic N) is 3. The van der Waals surface area contributed by atoms with E-state index in [1.54, 1.807) is 0 Å². The summed E-state index contributed by atoms with van der Waals surface area (Å²) in [6.45, 7) is 8.28. The van der Waals surface area contributed by atoms with Crippen LogP contribution in [0, 0.1) is 0 Å². The zero-order valence-electron chi connectivity index (χ0n) is 8.66. The number of piperazine rings is 1. The molecule has 2 heterocycles. The molecular weight excluding hydrogens is 180 g/mol. The Balaban J connectivity index is 2.02.